The van der Waals surface area contributed by atoms with Gasteiger partial charge in [0.15, 0.2) is 0 Å². The Kier molecular flexibility index (Phi) is 6.83. The van der Waals surface area contributed by atoms with Crippen LogP contribution in [0.3, 0.4) is 0 Å². The van der Waals surface area contributed by atoms with Crippen LogP contribution in [0.1, 0.15) is 5.56 Å². The first kappa shape index (κ1) is 17.7. The third kappa shape index (κ3) is 5.49. The number of aliphatic hydroxyl groups is 1. The number of likely N-dealkylation sites (N-methyl/N-ethyl adjacent to an activating group) is 1. The van der Waals surface area contributed by atoms with Gasteiger partial charge in [-0.2, -0.15) is 0 Å². The molecule has 128 valence electrons. The van der Waals surface area contributed by atoms with Crippen LogP contribution in [-0.2, 0) is 11.3 Å². The van der Waals surface area contributed by atoms with Crippen LogP contribution in [0, 0.1) is 0 Å². The van der Waals surface area contributed by atoms with Gasteiger partial charge in [-0.05, 0) is 17.7 Å². The summed E-state index contributed by atoms with van der Waals surface area (Å²) in [5, 5.41) is 8.95. The fraction of sp³-hybridized carbons (Fsp3) is 0.588. The van der Waals surface area contributed by atoms with E-state index in [0.29, 0.717) is 13.1 Å². The molecule has 1 amide bonds. The Hall–Kier alpha value is -1.63. The molecule has 0 radical (unpaired) electrons. The molecule has 1 aliphatic heterocycles. The van der Waals surface area contributed by atoms with Gasteiger partial charge < -0.3 is 14.7 Å². The zero-order valence-electron chi connectivity index (χ0n) is 14.1. The normalized spacial score (nSPS) is 16.3. The SMILES string of the molecule is COc1ccc(CN(C)C(=O)CN2CCN(CCO)CC2)cc1. The lowest BCUT2D eigenvalue weighted by Crippen LogP contribution is -2.50. The van der Waals surface area contributed by atoms with Crippen LogP contribution in [0.15, 0.2) is 24.3 Å². The van der Waals surface area contributed by atoms with E-state index in [1.54, 1.807) is 12.0 Å². The second-order valence-electron chi connectivity index (χ2n) is 5.94. The number of carbonyl (C=O) groups excluding carboxylic acids is 1. The van der Waals surface area contributed by atoms with Crippen molar-refractivity contribution in [3.05, 3.63) is 29.8 Å². The summed E-state index contributed by atoms with van der Waals surface area (Å²) in [7, 11) is 3.49. The number of carbonyl (C=O) groups is 1. The molecule has 1 saturated heterocycles. The fourth-order valence-corrected chi connectivity index (χ4v) is 2.72. The molecule has 0 unspecified atom stereocenters. The highest BCUT2D eigenvalue weighted by molar-refractivity contribution is 5.78. The average Bonchev–Trinajstić information content (AvgIpc) is 2.57. The van der Waals surface area contributed by atoms with Crippen molar-refractivity contribution >= 4 is 5.91 Å². The van der Waals surface area contributed by atoms with Gasteiger partial charge >= 0.3 is 0 Å². The summed E-state index contributed by atoms with van der Waals surface area (Å²) in [6.45, 7) is 5.56. The Morgan fingerprint density at radius 1 is 1.17 bits per heavy atom. The van der Waals surface area contributed by atoms with Crippen LogP contribution >= 0.6 is 0 Å². The van der Waals surface area contributed by atoms with Crippen molar-refractivity contribution in [3.63, 3.8) is 0 Å². The number of ether oxygens (including phenoxy) is 1. The molecule has 0 saturated carbocycles. The van der Waals surface area contributed by atoms with Crippen LogP contribution in [0.4, 0.5) is 0 Å². The lowest BCUT2D eigenvalue weighted by Gasteiger charge is -2.34. The highest BCUT2D eigenvalue weighted by Gasteiger charge is 2.20. The third-order valence-electron chi connectivity index (χ3n) is 4.24. The number of benzene rings is 1. The average molecular weight is 321 g/mol. The Morgan fingerprint density at radius 3 is 2.35 bits per heavy atom. The molecule has 1 heterocycles. The summed E-state index contributed by atoms with van der Waals surface area (Å²) >= 11 is 0. The van der Waals surface area contributed by atoms with E-state index in [9.17, 15) is 4.79 Å². The van der Waals surface area contributed by atoms with Gasteiger partial charge in [0.1, 0.15) is 5.75 Å². The smallest absolute Gasteiger partial charge is 0.236 e. The van der Waals surface area contributed by atoms with E-state index >= 15 is 0 Å². The topological polar surface area (TPSA) is 56.2 Å². The van der Waals surface area contributed by atoms with Crippen molar-refractivity contribution < 1.29 is 14.6 Å². The van der Waals surface area contributed by atoms with Gasteiger partial charge in [-0.25, -0.2) is 0 Å². The maximum atomic E-state index is 12.4. The summed E-state index contributed by atoms with van der Waals surface area (Å²) in [5.41, 5.74) is 1.09. The fourth-order valence-electron chi connectivity index (χ4n) is 2.72. The molecular weight excluding hydrogens is 294 g/mol. The zero-order chi connectivity index (χ0) is 16.7. The van der Waals surface area contributed by atoms with Gasteiger partial charge in [0.2, 0.25) is 5.91 Å². The van der Waals surface area contributed by atoms with E-state index in [4.69, 9.17) is 9.84 Å². The van der Waals surface area contributed by atoms with E-state index in [1.165, 1.54) is 0 Å². The molecule has 23 heavy (non-hydrogen) atoms. The first-order chi connectivity index (χ1) is 11.1. The maximum Gasteiger partial charge on any atom is 0.236 e. The molecule has 2 rings (SSSR count). The monoisotopic (exact) mass is 321 g/mol. The van der Waals surface area contributed by atoms with Gasteiger partial charge in [-0.15, -0.1) is 0 Å². The summed E-state index contributed by atoms with van der Waals surface area (Å²) in [6, 6.07) is 7.79. The van der Waals surface area contributed by atoms with Crippen molar-refractivity contribution in [2.24, 2.45) is 0 Å². The number of rotatable bonds is 7. The third-order valence-corrected chi connectivity index (χ3v) is 4.24. The summed E-state index contributed by atoms with van der Waals surface area (Å²) in [6.07, 6.45) is 0. The number of hydrogen-bond donors (Lipinski definition) is 1. The van der Waals surface area contributed by atoms with E-state index in [2.05, 4.69) is 9.80 Å². The molecule has 0 spiro atoms. The number of piperazine rings is 1. The number of hydrogen-bond acceptors (Lipinski definition) is 5. The summed E-state index contributed by atoms with van der Waals surface area (Å²) in [4.78, 5) is 18.5. The minimum atomic E-state index is 0.136. The number of nitrogens with zero attached hydrogens (tertiary/aromatic N) is 3. The van der Waals surface area contributed by atoms with E-state index in [1.807, 2.05) is 31.3 Å². The molecule has 0 atom stereocenters. The van der Waals surface area contributed by atoms with Gasteiger partial charge in [-0.1, -0.05) is 12.1 Å². The van der Waals surface area contributed by atoms with Crippen LogP contribution in [0.25, 0.3) is 0 Å². The predicted molar refractivity (Wildman–Crippen MR) is 89.4 cm³/mol. The van der Waals surface area contributed by atoms with Gasteiger partial charge in [0.05, 0.1) is 20.3 Å². The van der Waals surface area contributed by atoms with Crippen molar-refractivity contribution in [1.82, 2.24) is 14.7 Å². The summed E-state index contributed by atoms with van der Waals surface area (Å²) < 4.78 is 5.14. The van der Waals surface area contributed by atoms with E-state index in [-0.39, 0.29) is 12.5 Å². The maximum absolute atomic E-state index is 12.4. The van der Waals surface area contributed by atoms with Gasteiger partial charge in [-0.3, -0.25) is 14.6 Å². The molecule has 6 nitrogen and oxygen atoms in total. The molecule has 1 aliphatic rings. The van der Waals surface area contributed by atoms with Crippen molar-refractivity contribution in [3.8, 4) is 5.75 Å². The van der Waals surface area contributed by atoms with Crippen LogP contribution < -0.4 is 4.74 Å². The van der Waals surface area contributed by atoms with Crippen LogP contribution in [-0.4, -0.2) is 85.7 Å². The van der Waals surface area contributed by atoms with Crippen LogP contribution in [0.2, 0.25) is 0 Å². The molecule has 0 bridgehead atoms. The lowest BCUT2D eigenvalue weighted by molar-refractivity contribution is -0.132. The molecule has 6 heteroatoms. The number of amides is 1. The Labute approximate surface area is 138 Å². The first-order valence-electron chi connectivity index (χ1n) is 8.05. The second kappa shape index (κ2) is 8.86. The molecular formula is C17H27N3O3. The molecule has 1 N–H and O–H groups in total. The zero-order valence-corrected chi connectivity index (χ0v) is 14.1. The largest absolute Gasteiger partial charge is 0.497 e. The van der Waals surface area contributed by atoms with Crippen molar-refractivity contribution in [1.29, 1.82) is 0 Å². The second-order valence-corrected chi connectivity index (χ2v) is 5.94. The van der Waals surface area contributed by atoms with Crippen molar-refractivity contribution in [2.45, 2.75) is 6.54 Å². The first-order valence-corrected chi connectivity index (χ1v) is 8.05. The highest BCUT2D eigenvalue weighted by atomic mass is 16.5. The van der Waals surface area contributed by atoms with E-state index in [0.717, 1.165) is 44.0 Å². The Balaban J connectivity index is 1.76. The minimum absolute atomic E-state index is 0.136. The predicted octanol–water partition coefficient (Wildman–Crippen LogP) is 0.264. The molecule has 0 aromatic heterocycles. The Bertz CT molecular complexity index is 484. The summed E-state index contributed by atoms with van der Waals surface area (Å²) in [5.74, 6) is 0.958. The van der Waals surface area contributed by atoms with E-state index < -0.39 is 0 Å². The molecule has 1 aromatic carbocycles. The van der Waals surface area contributed by atoms with Crippen LogP contribution in [0.5, 0.6) is 5.75 Å². The molecule has 1 aromatic rings. The van der Waals surface area contributed by atoms with Gasteiger partial charge in [0, 0.05) is 46.3 Å². The van der Waals surface area contributed by atoms with Gasteiger partial charge in [0.25, 0.3) is 0 Å². The highest BCUT2D eigenvalue weighted by Crippen LogP contribution is 2.12. The number of methoxy groups -OCH3 is 1. The quantitative estimate of drug-likeness (QED) is 0.781. The molecule has 1 fully saturated rings. The molecule has 0 aliphatic carbocycles. The standard InChI is InChI=1S/C17H27N3O3/c1-18(13-15-3-5-16(23-2)6-4-15)17(22)14-20-9-7-19(8-10-20)11-12-21/h3-6,21H,7-14H2,1-2H3. The number of aliphatic hydroxyl groups excluding tert-OH is 1. The lowest BCUT2D eigenvalue weighted by atomic mass is 10.2. The number of β-amino-alcohol motifs (C(OH)–C–C–N with tert-alkyl or cyclic N) is 1. The Morgan fingerprint density at radius 2 is 1.78 bits per heavy atom. The minimum Gasteiger partial charge on any atom is -0.497 e. The van der Waals surface area contributed by atoms with Crippen molar-refractivity contribution in [2.75, 3.05) is 60.0 Å².